The number of nitrogens with one attached hydrogen (secondary N) is 1. The molecule has 2 saturated carbocycles. The Labute approximate surface area is 119 Å². The molecule has 1 saturated heterocycles. The van der Waals surface area contributed by atoms with Gasteiger partial charge < -0.3 is 5.32 Å². The highest BCUT2D eigenvalue weighted by molar-refractivity contribution is 4.94. The van der Waals surface area contributed by atoms with E-state index in [0.717, 1.165) is 29.8 Å². The van der Waals surface area contributed by atoms with Crippen molar-refractivity contribution in [1.82, 2.24) is 10.2 Å². The van der Waals surface area contributed by atoms with E-state index < -0.39 is 0 Å². The number of piperidine rings is 1. The fourth-order valence-corrected chi connectivity index (χ4v) is 4.35. The third-order valence-corrected chi connectivity index (χ3v) is 6.03. The summed E-state index contributed by atoms with van der Waals surface area (Å²) in [6.45, 7) is 8.90. The predicted molar refractivity (Wildman–Crippen MR) is 81.3 cm³/mol. The molecule has 1 aliphatic heterocycles. The van der Waals surface area contributed by atoms with Gasteiger partial charge >= 0.3 is 0 Å². The van der Waals surface area contributed by atoms with Crippen LogP contribution in [0.5, 0.6) is 0 Å². The maximum Gasteiger partial charge on any atom is 0.0126 e. The molecule has 2 heteroatoms. The van der Waals surface area contributed by atoms with Crippen LogP contribution in [-0.2, 0) is 0 Å². The molecule has 0 spiro atoms. The third kappa shape index (κ3) is 3.33. The molecule has 3 unspecified atom stereocenters. The fraction of sp³-hybridized carbons (Fsp3) is 1.00. The van der Waals surface area contributed by atoms with Crippen LogP contribution < -0.4 is 5.32 Å². The molecule has 0 bridgehead atoms. The smallest absolute Gasteiger partial charge is 0.0126 e. The van der Waals surface area contributed by atoms with Crippen LogP contribution >= 0.6 is 0 Å². The van der Waals surface area contributed by atoms with Gasteiger partial charge in [-0.15, -0.1) is 0 Å². The molecular formula is C17H32N2. The van der Waals surface area contributed by atoms with Crippen molar-refractivity contribution in [2.75, 3.05) is 19.6 Å². The van der Waals surface area contributed by atoms with Gasteiger partial charge in [0.15, 0.2) is 0 Å². The van der Waals surface area contributed by atoms with Crippen molar-refractivity contribution in [2.24, 2.45) is 17.8 Å². The molecule has 3 aliphatic rings. The van der Waals surface area contributed by atoms with Crippen LogP contribution in [0.25, 0.3) is 0 Å². The Morgan fingerprint density at radius 3 is 2.37 bits per heavy atom. The summed E-state index contributed by atoms with van der Waals surface area (Å²) in [5.41, 5.74) is 0. The van der Waals surface area contributed by atoms with E-state index in [1.165, 1.54) is 64.6 Å². The second kappa shape index (κ2) is 6.13. The van der Waals surface area contributed by atoms with Gasteiger partial charge in [0.05, 0.1) is 0 Å². The minimum Gasteiger partial charge on any atom is -0.317 e. The van der Waals surface area contributed by atoms with Gasteiger partial charge in [-0.2, -0.15) is 0 Å². The summed E-state index contributed by atoms with van der Waals surface area (Å²) in [6, 6.07) is 1.85. The molecule has 0 amide bonds. The first-order chi connectivity index (χ1) is 9.25. The van der Waals surface area contributed by atoms with E-state index in [0.29, 0.717) is 0 Å². The van der Waals surface area contributed by atoms with Crippen LogP contribution in [0.15, 0.2) is 0 Å². The van der Waals surface area contributed by atoms with E-state index in [1.807, 2.05) is 0 Å². The predicted octanol–water partition coefficient (Wildman–Crippen LogP) is 3.28. The van der Waals surface area contributed by atoms with E-state index in [9.17, 15) is 0 Å². The van der Waals surface area contributed by atoms with Gasteiger partial charge in [0, 0.05) is 18.6 Å². The number of hydrogen-bond donors (Lipinski definition) is 1. The van der Waals surface area contributed by atoms with Crippen LogP contribution in [0.2, 0.25) is 0 Å². The normalized spacial score (nSPS) is 37.7. The molecule has 2 nitrogen and oxygen atoms in total. The van der Waals surface area contributed by atoms with Crippen LogP contribution in [0.3, 0.4) is 0 Å². The average Bonchev–Trinajstić information content (AvgIpc) is 3.25. The minimum absolute atomic E-state index is 0.895. The van der Waals surface area contributed by atoms with Crippen LogP contribution in [-0.4, -0.2) is 36.6 Å². The average molecular weight is 264 g/mol. The lowest BCUT2D eigenvalue weighted by molar-refractivity contribution is 0.0565. The summed E-state index contributed by atoms with van der Waals surface area (Å²) in [5.74, 6) is 2.82. The van der Waals surface area contributed by atoms with E-state index >= 15 is 0 Å². The largest absolute Gasteiger partial charge is 0.317 e. The Balaban J connectivity index is 1.62. The summed E-state index contributed by atoms with van der Waals surface area (Å²) in [4.78, 5) is 2.95. The molecule has 19 heavy (non-hydrogen) atoms. The summed E-state index contributed by atoms with van der Waals surface area (Å²) in [6.07, 6.45) is 10.1. The topological polar surface area (TPSA) is 15.3 Å². The molecule has 2 aliphatic carbocycles. The second-order valence-corrected chi connectivity index (χ2v) is 7.46. The van der Waals surface area contributed by atoms with Gasteiger partial charge in [-0.25, -0.2) is 0 Å². The van der Waals surface area contributed by atoms with Crippen molar-refractivity contribution in [3.05, 3.63) is 0 Å². The van der Waals surface area contributed by atoms with Gasteiger partial charge in [-0.1, -0.05) is 26.7 Å². The lowest BCUT2D eigenvalue weighted by atomic mass is 9.77. The zero-order valence-corrected chi connectivity index (χ0v) is 12.9. The van der Waals surface area contributed by atoms with E-state index in [-0.39, 0.29) is 0 Å². The van der Waals surface area contributed by atoms with Gasteiger partial charge in [0.1, 0.15) is 0 Å². The fourth-order valence-electron chi connectivity index (χ4n) is 4.35. The Hall–Kier alpha value is -0.0800. The number of rotatable bonds is 4. The van der Waals surface area contributed by atoms with Gasteiger partial charge in [-0.3, -0.25) is 4.90 Å². The van der Waals surface area contributed by atoms with Crippen LogP contribution in [0.4, 0.5) is 0 Å². The van der Waals surface area contributed by atoms with Crippen LogP contribution in [0, 0.1) is 17.8 Å². The molecule has 1 N–H and O–H groups in total. The second-order valence-electron chi connectivity index (χ2n) is 7.46. The lowest BCUT2D eigenvalue weighted by Crippen LogP contribution is -2.48. The van der Waals surface area contributed by atoms with Crippen molar-refractivity contribution in [3.8, 4) is 0 Å². The molecule has 3 atom stereocenters. The highest BCUT2D eigenvalue weighted by atomic mass is 15.2. The number of nitrogens with zero attached hydrogens (tertiary/aromatic N) is 1. The molecule has 0 radical (unpaired) electrons. The van der Waals surface area contributed by atoms with Crippen molar-refractivity contribution in [2.45, 2.75) is 70.9 Å². The Kier molecular flexibility index (Phi) is 4.48. The monoisotopic (exact) mass is 264 g/mol. The van der Waals surface area contributed by atoms with Crippen LogP contribution in [0.1, 0.15) is 58.8 Å². The summed E-state index contributed by atoms with van der Waals surface area (Å²) in [5, 5.41) is 3.51. The first-order valence-corrected chi connectivity index (χ1v) is 8.72. The molecule has 1 heterocycles. The van der Waals surface area contributed by atoms with Gasteiger partial charge in [0.25, 0.3) is 0 Å². The summed E-state index contributed by atoms with van der Waals surface area (Å²) >= 11 is 0. The summed E-state index contributed by atoms with van der Waals surface area (Å²) in [7, 11) is 0. The van der Waals surface area contributed by atoms with Gasteiger partial charge in [-0.05, 0) is 62.9 Å². The quantitative estimate of drug-likeness (QED) is 0.838. The Morgan fingerprint density at radius 2 is 1.68 bits per heavy atom. The highest BCUT2D eigenvalue weighted by Gasteiger charge is 2.39. The first-order valence-electron chi connectivity index (χ1n) is 8.72. The number of hydrogen-bond acceptors (Lipinski definition) is 2. The van der Waals surface area contributed by atoms with Crippen molar-refractivity contribution >= 4 is 0 Å². The third-order valence-electron chi connectivity index (χ3n) is 6.03. The van der Waals surface area contributed by atoms with Crippen molar-refractivity contribution in [1.29, 1.82) is 0 Å². The first kappa shape index (κ1) is 13.9. The zero-order chi connectivity index (χ0) is 13.2. The Bertz CT molecular complexity index is 281. The summed E-state index contributed by atoms with van der Waals surface area (Å²) < 4.78 is 0. The van der Waals surface area contributed by atoms with E-state index in [4.69, 9.17) is 0 Å². The maximum atomic E-state index is 3.51. The molecule has 3 fully saturated rings. The zero-order valence-electron chi connectivity index (χ0n) is 12.9. The van der Waals surface area contributed by atoms with E-state index in [2.05, 4.69) is 24.1 Å². The van der Waals surface area contributed by atoms with Crippen molar-refractivity contribution in [3.63, 3.8) is 0 Å². The molecule has 0 aromatic carbocycles. The molecule has 0 aromatic rings. The maximum absolute atomic E-state index is 3.51. The highest BCUT2D eigenvalue weighted by Crippen LogP contribution is 2.39. The van der Waals surface area contributed by atoms with Gasteiger partial charge in [0.2, 0.25) is 0 Å². The standard InChI is InChI=1S/C17H32N2/c1-13-4-3-5-17(14(13)2)19(16-6-7-16)12-15-8-10-18-11-9-15/h13-18H,3-12H2,1-2H3. The SMILES string of the molecule is CC1CCCC(N(CC2CCNCC2)C2CC2)C1C. The lowest BCUT2D eigenvalue weighted by Gasteiger charge is -2.43. The Morgan fingerprint density at radius 1 is 0.947 bits per heavy atom. The molecule has 0 aromatic heterocycles. The molecular weight excluding hydrogens is 232 g/mol. The minimum atomic E-state index is 0.895. The molecule has 110 valence electrons. The van der Waals surface area contributed by atoms with Crippen molar-refractivity contribution < 1.29 is 0 Å². The van der Waals surface area contributed by atoms with E-state index in [1.54, 1.807) is 0 Å². The molecule has 3 rings (SSSR count).